The Morgan fingerprint density at radius 1 is 0.865 bits per heavy atom. The van der Waals surface area contributed by atoms with Crippen molar-refractivity contribution >= 4 is 29.0 Å². The van der Waals surface area contributed by atoms with Crippen LogP contribution in [-0.4, -0.2) is 66.1 Å². The van der Waals surface area contributed by atoms with Gasteiger partial charge in [-0.1, -0.05) is 65.8 Å². The third-order valence-corrected chi connectivity index (χ3v) is 6.66. The van der Waals surface area contributed by atoms with E-state index in [1.54, 1.807) is 0 Å². The van der Waals surface area contributed by atoms with Crippen LogP contribution in [0.5, 0.6) is 0 Å². The number of hydrogen-bond acceptors (Lipinski definition) is 8. The quantitative estimate of drug-likeness (QED) is 0.437. The smallest absolute Gasteiger partial charge is 0.317 e. The molecule has 186 valence electrons. The third-order valence-electron chi connectivity index (χ3n) is 6.66. The van der Waals surface area contributed by atoms with E-state index in [0.717, 1.165) is 48.6 Å². The first kappa shape index (κ1) is 22.9. The number of aliphatic imine (C=N–C) groups is 1. The summed E-state index contributed by atoms with van der Waals surface area (Å²) in [6, 6.07) is 25.6. The van der Waals surface area contributed by atoms with E-state index in [2.05, 4.69) is 43.7 Å². The predicted molar refractivity (Wildman–Crippen MR) is 144 cm³/mol. The summed E-state index contributed by atoms with van der Waals surface area (Å²) in [5.74, 6) is 0.0811. The average Bonchev–Trinajstić information content (AvgIpc) is 3.35. The Bertz CT molecular complexity index is 1440. The van der Waals surface area contributed by atoms with Gasteiger partial charge in [0.15, 0.2) is 0 Å². The van der Waals surface area contributed by atoms with Gasteiger partial charge in [0.05, 0.1) is 17.0 Å². The summed E-state index contributed by atoms with van der Waals surface area (Å²) in [5.41, 5.74) is 5.07. The fourth-order valence-corrected chi connectivity index (χ4v) is 4.67. The van der Waals surface area contributed by atoms with E-state index < -0.39 is 6.17 Å². The summed E-state index contributed by atoms with van der Waals surface area (Å²) in [6.07, 6.45) is -0.955. The fourth-order valence-electron chi connectivity index (χ4n) is 4.67. The maximum Gasteiger partial charge on any atom is 0.317 e. The number of fused-ring (bicyclic) bond motifs is 1. The number of anilines is 3. The van der Waals surface area contributed by atoms with E-state index in [1.807, 2.05) is 72.8 Å². The summed E-state index contributed by atoms with van der Waals surface area (Å²) < 4.78 is 6.01. The summed E-state index contributed by atoms with van der Waals surface area (Å²) in [5, 5.41) is 14.5. The molecule has 0 bridgehead atoms. The van der Waals surface area contributed by atoms with E-state index in [9.17, 15) is 4.79 Å². The Kier molecular flexibility index (Phi) is 6.11. The van der Waals surface area contributed by atoms with E-state index >= 15 is 0 Å². The van der Waals surface area contributed by atoms with Gasteiger partial charge in [0.25, 0.3) is 11.8 Å². The number of nitrogens with zero attached hydrogens (tertiary/aromatic N) is 5. The highest BCUT2D eigenvalue weighted by molar-refractivity contribution is 6.19. The molecule has 1 atom stereocenters. The normalized spacial score (nSPS) is 18.0. The molecular weight excluding hydrogens is 466 g/mol. The highest BCUT2D eigenvalue weighted by atomic mass is 16.4. The van der Waals surface area contributed by atoms with Gasteiger partial charge in [-0.15, -0.1) is 5.10 Å². The summed E-state index contributed by atoms with van der Waals surface area (Å²) in [6.45, 7) is 3.83. The number of para-hydroxylation sites is 2. The van der Waals surface area contributed by atoms with Crippen LogP contribution in [0.25, 0.3) is 11.5 Å². The number of benzene rings is 3. The Hall–Kier alpha value is -4.50. The molecule has 37 heavy (non-hydrogen) atoms. The molecular formula is C28H27N7O2. The van der Waals surface area contributed by atoms with Crippen molar-refractivity contribution < 1.29 is 9.21 Å². The SMILES string of the molecule is CN1CCN(c2ccccc2-c2nnc(N[C@H]3N=C(c4ccccc4)c4ccccc4NC3=O)o2)CC1. The van der Waals surface area contributed by atoms with Crippen LogP contribution < -0.4 is 15.5 Å². The maximum atomic E-state index is 13.1. The van der Waals surface area contributed by atoms with Crippen molar-refractivity contribution in [2.24, 2.45) is 4.99 Å². The van der Waals surface area contributed by atoms with Crippen LogP contribution in [0.4, 0.5) is 17.4 Å². The number of benzodiazepines with no additional fused rings is 1. The molecule has 0 aliphatic carbocycles. The van der Waals surface area contributed by atoms with Gasteiger partial charge in [0.2, 0.25) is 6.17 Å². The molecule has 0 radical (unpaired) electrons. The van der Waals surface area contributed by atoms with Gasteiger partial charge in [-0.05, 0) is 25.2 Å². The monoisotopic (exact) mass is 493 g/mol. The first-order valence-electron chi connectivity index (χ1n) is 12.3. The number of rotatable bonds is 5. The second-order valence-electron chi connectivity index (χ2n) is 9.15. The Morgan fingerprint density at radius 2 is 1.57 bits per heavy atom. The minimum Gasteiger partial charge on any atom is -0.403 e. The van der Waals surface area contributed by atoms with Crippen LogP contribution in [0, 0.1) is 0 Å². The predicted octanol–water partition coefficient (Wildman–Crippen LogP) is 3.72. The molecule has 3 heterocycles. The Labute approximate surface area is 214 Å². The van der Waals surface area contributed by atoms with E-state index in [-0.39, 0.29) is 11.9 Å². The molecule has 1 saturated heterocycles. The van der Waals surface area contributed by atoms with Crippen LogP contribution in [0.1, 0.15) is 11.1 Å². The van der Waals surface area contributed by atoms with Crippen LogP contribution in [0.15, 0.2) is 88.3 Å². The minimum absolute atomic E-state index is 0.130. The molecule has 9 heteroatoms. The van der Waals surface area contributed by atoms with Gasteiger partial charge in [-0.2, -0.15) is 0 Å². The van der Waals surface area contributed by atoms with Crippen LogP contribution in [0.2, 0.25) is 0 Å². The van der Waals surface area contributed by atoms with Crippen molar-refractivity contribution in [1.82, 2.24) is 15.1 Å². The molecule has 6 rings (SSSR count). The molecule has 1 aromatic heterocycles. The first-order valence-corrected chi connectivity index (χ1v) is 12.3. The fraction of sp³-hybridized carbons (Fsp3) is 0.214. The van der Waals surface area contributed by atoms with Crippen LogP contribution in [0.3, 0.4) is 0 Å². The van der Waals surface area contributed by atoms with Crippen LogP contribution in [-0.2, 0) is 4.79 Å². The summed E-state index contributed by atoms with van der Waals surface area (Å²) in [4.78, 5) is 22.6. The molecule has 1 fully saturated rings. The Balaban J connectivity index is 1.30. The zero-order chi connectivity index (χ0) is 25.2. The highest BCUT2D eigenvalue weighted by Gasteiger charge is 2.27. The molecule has 0 unspecified atom stereocenters. The van der Waals surface area contributed by atoms with Crippen LogP contribution >= 0.6 is 0 Å². The zero-order valence-electron chi connectivity index (χ0n) is 20.5. The second-order valence-corrected chi connectivity index (χ2v) is 9.15. The zero-order valence-corrected chi connectivity index (χ0v) is 20.5. The lowest BCUT2D eigenvalue weighted by atomic mass is 10.0. The third kappa shape index (κ3) is 4.68. The number of nitrogens with one attached hydrogen (secondary N) is 2. The number of piperazine rings is 1. The summed E-state index contributed by atoms with van der Waals surface area (Å²) >= 11 is 0. The molecule has 2 N–H and O–H groups in total. The van der Waals surface area contributed by atoms with Gasteiger partial charge in [0.1, 0.15) is 0 Å². The molecule has 2 aliphatic heterocycles. The number of likely N-dealkylation sites (N-methyl/N-ethyl adjacent to an activating group) is 1. The van der Waals surface area contributed by atoms with Crippen molar-refractivity contribution in [3.8, 4) is 11.5 Å². The van der Waals surface area contributed by atoms with Gasteiger partial charge in [-0.25, -0.2) is 4.99 Å². The summed E-state index contributed by atoms with van der Waals surface area (Å²) in [7, 11) is 2.13. The second kappa shape index (κ2) is 9.87. The molecule has 4 aromatic rings. The van der Waals surface area contributed by atoms with Crippen molar-refractivity contribution in [2.45, 2.75) is 6.17 Å². The van der Waals surface area contributed by atoms with Gasteiger partial charge in [-0.3, -0.25) is 4.79 Å². The van der Waals surface area contributed by atoms with Crippen molar-refractivity contribution in [1.29, 1.82) is 0 Å². The lowest BCUT2D eigenvalue weighted by Gasteiger charge is -2.34. The highest BCUT2D eigenvalue weighted by Crippen LogP contribution is 2.32. The van der Waals surface area contributed by atoms with E-state index in [0.29, 0.717) is 17.3 Å². The molecule has 1 amide bonds. The average molecular weight is 494 g/mol. The lowest BCUT2D eigenvalue weighted by molar-refractivity contribution is -0.116. The standard InChI is InChI=1S/C28H27N7O2/c1-34-15-17-35(18-16-34)23-14-8-6-12-21(23)27-32-33-28(37-27)31-25-26(36)29-22-13-7-5-11-20(22)24(30-25)19-9-3-2-4-10-19/h2-14,25H,15-18H2,1H3,(H,29,36)(H,31,33)/t25-/m1/s1. The maximum absolute atomic E-state index is 13.1. The molecule has 9 nitrogen and oxygen atoms in total. The number of hydrogen-bond donors (Lipinski definition) is 2. The van der Waals surface area contributed by atoms with Crippen molar-refractivity contribution in [3.05, 3.63) is 90.0 Å². The van der Waals surface area contributed by atoms with E-state index in [1.165, 1.54) is 0 Å². The number of amides is 1. The van der Waals surface area contributed by atoms with Gasteiger partial charge >= 0.3 is 6.01 Å². The van der Waals surface area contributed by atoms with Crippen molar-refractivity contribution in [3.63, 3.8) is 0 Å². The minimum atomic E-state index is -0.955. The van der Waals surface area contributed by atoms with Gasteiger partial charge < -0.3 is 24.9 Å². The number of carbonyl (C=O) groups excluding carboxylic acids is 1. The molecule has 0 spiro atoms. The number of carbonyl (C=O) groups is 1. The topological polar surface area (TPSA) is 98.9 Å². The molecule has 0 saturated carbocycles. The van der Waals surface area contributed by atoms with Gasteiger partial charge in [0, 0.05) is 43.0 Å². The molecule has 2 aliphatic rings. The lowest BCUT2D eigenvalue weighted by Crippen LogP contribution is -2.44. The first-order chi connectivity index (χ1) is 18.2. The Morgan fingerprint density at radius 3 is 2.38 bits per heavy atom. The van der Waals surface area contributed by atoms with E-state index in [4.69, 9.17) is 9.41 Å². The largest absolute Gasteiger partial charge is 0.403 e. The van der Waals surface area contributed by atoms with Crippen molar-refractivity contribution in [2.75, 3.05) is 48.8 Å². The number of aromatic nitrogens is 2. The molecule has 3 aromatic carbocycles.